The second kappa shape index (κ2) is 6.54. The van der Waals surface area contributed by atoms with E-state index in [0.29, 0.717) is 18.9 Å². The van der Waals surface area contributed by atoms with Crippen molar-refractivity contribution in [1.82, 2.24) is 0 Å². The predicted molar refractivity (Wildman–Crippen MR) is 65.7 cm³/mol. The molecule has 1 aromatic carbocycles. The third-order valence-electron chi connectivity index (χ3n) is 2.53. The summed E-state index contributed by atoms with van der Waals surface area (Å²) in [5, 5.41) is 0.737. The van der Waals surface area contributed by atoms with E-state index in [4.69, 9.17) is 16.3 Å². The van der Waals surface area contributed by atoms with Crippen molar-refractivity contribution in [2.45, 2.75) is 32.6 Å². The summed E-state index contributed by atoms with van der Waals surface area (Å²) in [7, 11) is 0. The van der Waals surface area contributed by atoms with E-state index in [9.17, 15) is 4.79 Å². The van der Waals surface area contributed by atoms with Gasteiger partial charge in [0.05, 0.1) is 6.61 Å². The standard InChI is InChI=1S/C13H17ClO2/c1-3-16-13(15)9-4-10(2)11-5-7-12(14)8-6-11/h5-8,10H,3-4,9H2,1-2H3/t10-/m0/s1. The minimum atomic E-state index is -0.122. The zero-order chi connectivity index (χ0) is 12.0. The molecule has 0 aliphatic rings. The Morgan fingerprint density at radius 1 is 1.38 bits per heavy atom. The van der Waals surface area contributed by atoms with Gasteiger partial charge in [-0.1, -0.05) is 30.7 Å². The molecule has 0 N–H and O–H groups in total. The summed E-state index contributed by atoms with van der Waals surface area (Å²) in [4.78, 5) is 11.2. The maximum Gasteiger partial charge on any atom is 0.305 e. The van der Waals surface area contributed by atoms with Crippen LogP contribution in [0.5, 0.6) is 0 Å². The third kappa shape index (κ3) is 4.23. The molecule has 0 aliphatic carbocycles. The first-order chi connectivity index (χ1) is 7.63. The Hall–Kier alpha value is -1.02. The predicted octanol–water partition coefficient (Wildman–Crippen LogP) is 3.79. The van der Waals surface area contributed by atoms with E-state index in [1.54, 1.807) is 0 Å². The molecule has 2 nitrogen and oxygen atoms in total. The zero-order valence-electron chi connectivity index (χ0n) is 9.70. The number of ether oxygens (including phenoxy) is 1. The lowest BCUT2D eigenvalue weighted by Gasteiger charge is -2.11. The molecule has 0 aromatic heterocycles. The van der Waals surface area contributed by atoms with Crippen molar-refractivity contribution in [3.8, 4) is 0 Å². The minimum absolute atomic E-state index is 0.122. The Labute approximate surface area is 102 Å². The molecule has 1 rings (SSSR count). The first kappa shape index (κ1) is 13.0. The molecule has 1 aromatic rings. The Bertz CT molecular complexity index is 332. The van der Waals surface area contributed by atoms with Gasteiger partial charge < -0.3 is 4.74 Å². The van der Waals surface area contributed by atoms with Crippen molar-refractivity contribution in [1.29, 1.82) is 0 Å². The number of halogens is 1. The molecule has 0 aliphatic heterocycles. The monoisotopic (exact) mass is 240 g/mol. The topological polar surface area (TPSA) is 26.3 Å². The zero-order valence-corrected chi connectivity index (χ0v) is 10.5. The van der Waals surface area contributed by atoms with Gasteiger partial charge in [-0.2, -0.15) is 0 Å². The summed E-state index contributed by atoms with van der Waals surface area (Å²) >= 11 is 5.81. The fourth-order valence-electron chi connectivity index (χ4n) is 1.53. The number of rotatable bonds is 5. The smallest absolute Gasteiger partial charge is 0.305 e. The number of carbonyl (C=O) groups is 1. The molecule has 0 saturated carbocycles. The number of hydrogen-bond acceptors (Lipinski definition) is 2. The Morgan fingerprint density at radius 3 is 2.56 bits per heavy atom. The van der Waals surface area contributed by atoms with E-state index in [1.807, 2.05) is 31.2 Å². The average molecular weight is 241 g/mol. The van der Waals surface area contributed by atoms with E-state index >= 15 is 0 Å². The first-order valence-corrected chi connectivity index (χ1v) is 5.92. The summed E-state index contributed by atoms with van der Waals surface area (Å²) in [6.45, 7) is 4.37. The number of hydrogen-bond donors (Lipinski definition) is 0. The molecule has 0 saturated heterocycles. The molecule has 88 valence electrons. The number of benzene rings is 1. The van der Waals surface area contributed by atoms with E-state index in [-0.39, 0.29) is 5.97 Å². The summed E-state index contributed by atoms with van der Waals surface area (Å²) in [6, 6.07) is 7.74. The fourth-order valence-corrected chi connectivity index (χ4v) is 1.65. The maximum atomic E-state index is 11.2. The summed E-state index contributed by atoms with van der Waals surface area (Å²) in [5.41, 5.74) is 1.20. The summed E-state index contributed by atoms with van der Waals surface area (Å²) in [6.07, 6.45) is 1.28. The highest BCUT2D eigenvalue weighted by Gasteiger charge is 2.09. The van der Waals surface area contributed by atoms with E-state index in [2.05, 4.69) is 6.92 Å². The van der Waals surface area contributed by atoms with Gasteiger partial charge in [0.2, 0.25) is 0 Å². The van der Waals surface area contributed by atoms with Crippen molar-refractivity contribution in [3.63, 3.8) is 0 Å². The Morgan fingerprint density at radius 2 is 2.00 bits per heavy atom. The van der Waals surface area contributed by atoms with E-state index in [1.165, 1.54) is 5.56 Å². The molecular formula is C13H17ClO2. The second-order valence-corrected chi connectivity index (χ2v) is 4.23. The lowest BCUT2D eigenvalue weighted by Crippen LogP contribution is -2.05. The van der Waals surface area contributed by atoms with Crippen molar-refractivity contribution in [2.24, 2.45) is 0 Å². The SMILES string of the molecule is CCOC(=O)CC[C@H](C)c1ccc(Cl)cc1. The van der Waals surface area contributed by atoms with Gasteiger partial charge in [-0.15, -0.1) is 0 Å². The molecular weight excluding hydrogens is 224 g/mol. The normalized spacial score (nSPS) is 12.2. The van der Waals surface area contributed by atoms with Gasteiger partial charge in [-0.05, 0) is 37.0 Å². The van der Waals surface area contributed by atoms with Gasteiger partial charge in [0, 0.05) is 11.4 Å². The van der Waals surface area contributed by atoms with Crippen molar-refractivity contribution < 1.29 is 9.53 Å². The Balaban J connectivity index is 2.43. The van der Waals surface area contributed by atoms with Crippen molar-refractivity contribution >= 4 is 17.6 Å². The van der Waals surface area contributed by atoms with E-state index < -0.39 is 0 Å². The highest BCUT2D eigenvalue weighted by Crippen LogP contribution is 2.22. The van der Waals surface area contributed by atoms with Crippen molar-refractivity contribution in [2.75, 3.05) is 6.61 Å². The molecule has 0 heterocycles. The van der Waals surface area contributed by atoms with Gasteiger partial charge in [-0.25, -0.2) is 0 Å². The quantitative estimate of drug-likeness (QED) is 0.732. The van der Waals surface area contributed by atoms with Crippen LogP contribution in [0.4, 0.5) is 0 Å². The molecule has 0 spiro atoms. The van der Waals surface area contributed by atoms with Crippen LogP contribution in [0.15, 0.2) is 24.3 Å². The highest BCUT2D eigenvalue weighted by atomic mass is 35.5. The third-order valence-corrected chi connectivity index (χ3v) is 2.78. The van der Waals surface area contributed by atoms with Crippen LogP contribution in [0.1, 0.15) is 38.2 Å². The van der Waals surface area contributed by atoms with Crippen LogP contribution in [0.25, 0.3) is 0 Å². The minimum Gasteiger partial charge on any atom is -0.466 e. The largest absolute Gasteiger partial charge is 0.466 e. The second-order valence-electron chi connectivity index (χ2n) is 3.80. The van der Waals surface area contributed by atoms with Crippen LogP contribution in [-0.4, -0.2) is 12.6 Å². The molecule has 0 bridgehead atoms. The van der Waals surface area contributed by atoms with Crippen LogP contribution in [-0.2, 0) is 9.53 Å². The van der Waals surface area contributed by atoms with Gasteiger partial charge in [0.15, 0.2) is 0 Å². The molecule has 3 heteroatoms. The number of esters is 1. The lowest BCUT2D eigenvalue weighted by molar-refractivity contribution is -0.143. The van der Waals surface area contributed by atoms with Crippen LogP contribution in [0.3, 0.4) is 0 Å². The molecule has 0 unspecified atom stereocenters. The molecule has 1 atom stereocenters. The maximum absolute atomic E-state index is 11.2. The highest BCUT2D eigenvalue weighted by molar-refractivity contribution is 6.30. The Kier molecular flexibility index (Phi) is 5.33. The summed E-state index contributed by atoms with van der Waals surface area (Å²) < 4.78 is 4.89. The lowest BCUT2D eigenvalue weighted by atomic mass is 9.96. The van der Waals surface area contributed by atoms with Gasteiger partial charge in [0.1, 0.15) is 0 Å². The van der Waals surface area contributed by atoms with Crippen LogP contribution < -0.4 is 0 Å². The van der Waals surface area contributed by atoms with Crippen LogP contribution >= 0.6 is 11.6 Å². The average Bonchev–Trinajstić information content (AvgIpc) is 2.27. The van der Waals surface area contributed by atoms with Gasteiger partial charge >= 0.3 is 5.97 Å². The molecule has 16 heavy (non-hydrogen) atoms. The first-order valence-electron chi connectivity index (χ1n) is 5.54. The van der Waals surface area contributed by atoms with Crippen LogP contribution in [0.2, 0.25) is 5.02 Å². The summed E-state index contributed by atoms with van der Waals surface area (Å²) in [5.74, 6) is 0.227. The van der Waals surface area contributed by atoms with E-state index in [0.717, 1.165) is 11.4 Å². The molecule has 0 fully saturated rings. The van der Waals surface area contributed by atoms with Crippen molar-refractivity contribution in [3.05, 3.63) is 34.9 Å². The van der Waals surface area contributed by atoms with Gasteiger partial charge in [0.25, 0.3) is 0 Å². The van der Waals surface area contributed by atoms with Crippen LogP contribution in [0, 0.1) is 0 Å². The number of carbonyl (C=O) groups excluding carboxylic acids is 1. The molecule has 0 amide bonds. The fraction of sp³-hybridized carbons (Fsp3) is 0.462. The van der Waals surface area contributed by atoms with Gasteiger partial charge in [-0.3, -0.25) is 4.79 Å². The molecule has 0 radical (unpaired) electrons.